The second kappa shape index (κ2) is 11.3. The Kier molecular flexibility index (Phi) is 8.75. The Labute approximate surface area is 169 Å². The average Bonchev–Trinajstić information content (AvgIpc) is 2.73. The highest BCUT2D eigenvalue weighted by atomic mass is 14.4. The van der Waals surface area contributed by atoms with Gasteiger partial charge in [-0.15, -0.1) is 0 Å². The molecule has 0 amide bonds. The van der Waals surface area contributed by atoms with Crippen LogP contribution in [0.5, 0.6) is 0 Å². The fraction of sp³-hybridized carbons (Fsp3) is 0.778. The molecule has 1 aromatic carbocycles. The standard InChI is InChI=1S/C27H44/c1-2-3-9-20-27(21-10-5-11-22-27)23-12-8-13-24-16-18-26(19-17-24)25-14-6-4-7-15-25/h4,6-7,14-15,24,26H,2-3,5,8-13,16-23H2,1H3. The summed E-state index contributed by atoms with van der Waals surface area (Å²) in [5.74, 6) is 1.86. The molecule has 2 aliphatic rings. The molecule has 3 rings (SSSR count). The fourth-order valence-electron chi connectivity index (χ4n) is 6.12. The van der Waals surface area contributed by atoms with Gasteiger partial charge in [-0.25, -0.2) is 0 Å². The molecule has 2 saturated carbocycles. The minimum Gasteiger partial charge on any atom is -0.0654 e. The molecule has 0 radical (unpaired) electrons. The van der Waals surface area contributed by atoms with Crippen LogP contribution >= 0.6 is 0 Å². The molecule has 0 saturated heterocycles. The highest BCUT2D eigenvalue weighted by molar-refractivity contribution is 5.19. The molecule has 1 aromatic rings. The molecule has 2 fully saturated rings. The molecule has 0 spiro atoms. The SMILES string of the molecule is CCCCCC1(CCCCC2CCC(c3ccccc3)CC2)CCCCC1. The van der Waals surface area contributed by atoms with Crippen LogP contribution in [0.25, 0.3) is 0 Å². The van der Waals surface area contributed by atoms with Crippen LogP contribution in [0.1, 0.15) is 128 Å². The van der Waals surface area contributed by atoms with Gasteiger partial charge in [0.05, 0.1) is 0 Å². The molecular formula is C27H44. The summed E-state index contributed by atoms with van der Waals surface area (Å²) in [7, 11) is 0. The summed E-state index contributed by atoms with van der Waals surface area (Å²) in [5.41, 5.74) is 2.33. The van der Waals surface area contributed by atoms with E-state index < -0.39 is 0 Å². The molecule has 27 heavy (non-hydrogen) atoms. The van der Waals surface area contributed by atoms with E-state index in [4.69, 9.17) is 0 Å². The summed E-state index contributed by atoms with van der Waals surface area (Å²) in [6.07, 6.45) is 25.3. The Morgan fingerprint density at radius 2 is 1.44 bits per heavy atom. The van der Waals surface area contributed by atoms with Crippen molar-refractivity contribution in [3.05, 3.63) is 35.9 Å². The number of hydrogen-bond donors (Lipinski definition) is 0. The van der Waals surface area contributed by atoms with Crippen molar-refractivity contribution in [1.29, 1.82) is 0 Å². The van der Waals surface area contributed by atoms with Crippen molar-refractivity contribution >= 4 is 0 Å². The Balaban J connectivity index is 1.34. The van der Waals surface area contributed by atoms with Gasteiger partial charge >= 0.3 is 0 Å². The summed E-state index contributed by atoms with van der Waals surface area (Å²) in [5, 5.41) is 0. The first kappa shape index (κ1) is 20.9. The summed E-state index contributed by atoms with van der Waals surface area (Å²) < 4.78 is 0. The van der Waals surface area contributed by atoms with Gasteiger partial charge in [-0.3, -0.25) is 0 Å². The molecule has 0 nitrogen and oxygen atoms in total. The molecule has 0 heterocycles. The number of hydrogen-bond acceptors (Lipinski definition) is 0. The maximum absolute atomic E-state index is 2.35. The van der Waals surface area contributed by atoms with Gasteiger partial charge in [0, 0.05) is 0 Å². The monoisotopic (exact) mass is 368 g/mol. The highest BCUT2D eigenvalue weighted by Crippen LogP contribution is 2.45. The first-order chi connectivity index (χ1) is 13.3. The van der Waals surface area contributed by atoms with Crippen molar-refractivity contribution in [3.8, 4) is 0 Å². The third-order valence-corrected chi connectivity index (χ3v) is 7.91. The minimum absolute atomic E-state index is 0.748. The molecule has 0 heteroatoms. The predicted molar refractivity (Wildman–Crippen MR) is 119 cm³/mol. The van der Waals surface area contributed by atoms with Gasteiger partial charge < -0.3 is 0 Å². The van der Waals surface area contributed by atoms with Gasteiger partial charge in [-0.1, -0.05) is 95.0 Å². The number of benzene rings is 1. The fourth-order valence-corrected chi connectivity index (χ4v) is 6.12. The van der Waals surface area contributed by atoms with Crippen molar-refractivity contribution in [2.75, 3.05) is 0 Å². The van der Waals surface area contributed by atoms with Crippen molar-refractivity contribution in [1.82, 2.24) is 0 Å². The average molecular weight is 369 g/mol. The second-order valence-electron chi connectivity index (χ2n) is 9.89. The van der Waals surface area contributed by atoms with Gasteiger partial charge in [0.2, 0.25) is 0 Å². The smallest absolute Gasteiger partial charge is 0.0162 e. The van der Waals surface area contributed by atoms with Gasteiger partial charge in [0.25, 0.3) is 0 Å². The van der Waals surface area contributed by atoms with E-state index in [1.54, 1.807) is 18.4 Å². The summed E-state index contributed by atoms with van der Waals surface area (Å²) in [4.78, 5) is 0. The van der Waals surface area contributed by atoms with Crippen LogP contribution < -0.4 is 0 Å². The van der Waals surface area contributed by atoms with Gasteiger partial charge in [-0.2, -0.15) is 0 Å². The number of unbranched alkanes of at least 4 members (excludes halogenated alkanes) is 3. The van der Waals surface area contributed by atoms with Crippen LogP contribution in [-0.2, 0) is 0 Å². The summed E-state index contributed by atoms with van der Waals surface area (Å²) in [6, 6.07) is 11.3. The molecule has 0 N–H and O–H groups in total. The van der Waals surface area contributed by atoms with Crippen molar-refractivity contribution in [2.45, 2.75) is 122 Å². The maximum Gasteiger partial charge on any atom is -0.0162 e. The van der Waals surface area contributed by atoms with Gasteiger partial charge in [0.1, 0.15) is 0 Å². The second-order valence-corrected chi connectivity index (χ2v) is 9.89. The zero-order valence-electron chi connectivity index (χ0n) is 18.1. The van der Waals surface area contributed by atoms with E-state index in [0.717, 1.165) is 17.3 Å². The van der Waals surface area contributed by atoms with Gasteiger partial charge in [0.15, 0.2) is 0 Å². The van der Waals surface area contributed by atoms with Gasteiger partial charge in [-0.05, 0) is 74.2 Å². The molecule has 2 aliphatic carbocycles. The third-order valence-electron chi connectivity index (χ3n) is 7.91. The maximum atomic E-state index is 2.35. The molecule has 0 bridgehead atoms. The van der Waals surface area contributed by atoms with Crippen LogP contribution in [0, 0.1) is 11.3 Å². The van der Waals surface area contributed by atoms with Crippen LogP contribution in [0.3, 0.4) is 0 Å². The van der Waals surface area contributed by atoms with E-state index in [1.165, 1.54) is 96.3 Å². The summed E-state index contributed by atoms with van der Waals surface area (Å²) >= 11 is 0. The Morgan fingerprint density at radius 3 is 2.11 bits per heavy atom. The summed E-state index contributed by atoms with van der Waals surface area (Å²) in [6.45, 7) is 2.35. The highest BCUT2D eigenvalue weighted by Gasteiger charge is 2.31. The third kappa shape index (κ3) is 6.65. The van der Waals surface area contributed by atoms with E-state index >= 15 is 0 Å². The molecule has 152 valence electrons. The first-order valence-electron chi connectivity index (χ1n) is 12.4. The van der Waals surface area contributed by atoms with E-state index in [2.05, 4.69) is 37.3 Å². The van der Waals surface area contributed by atoms with E-state index in [-0.39, 0.29) is 0 Å². The molecule has 0 unspecified atom stereocenters. The Morgan fingerprint density at radius 1 is 0.778 bits per heavy atom. The van der Waals surface area contributed by atoms with Crippen LogP contribution in [0.15, 0.2) is 30.3 Å². The van der Waals surface area contributed by atoms with E-state index in [9.17, 15) is 0 Å². The zero-order chi connectivity index (χ0) is 18.8. The van der Waals surface area contributed by atoms with E-state index in [1.807, 2.05) is 0 Å². The molecule has 0 aromatic heterocycles. The van der Waals surface area contributed by atoms with Crippen LogP contribution in [-0.4, -0.2) is 0 Å². The normalized spacial score (nSPS) is 25.4. The number of rotatable bonds is 10. The first-order valence-corrected chi connectivity index (χ1v) is 12.4. The van der Waals surface area contributed by atoms with Crippen LogP contribution in [0.2, 0.25) is 0 Å². The molecule has 0 aliphatic heterocycles. The largest absolute Gasteiger partial charge is 0.0654 e. The van der Waals surface area contributed by atoms with Crippen molar-refractivity contribution in [3.63, 3.8) is 0 Å². The minimum atomic E-state index is 0.748. The lowest BCUT2D eigenvalue weighted by Gasteiger charge is -2.38. The van der Waals surface area contributed by atoms with E-state index in [0.29, 0.717) is 0 Å². The lowest BCUT2D eigenvalue weighted by atomic mass is 9.68. The Hall–Kier alpha value is -0.780. The lowest BCUT2D eigenvalue weighted by Crippen LogP contribution is -2.24. The van der Waals surface area contributed by atoms with Crippen molar-refractivity contribution < 1.29 is 0 Å². The Bertz CT molecular complexity index is 488. The predicted octanol–water partition coefficient (Wildman–Crippen LogP) is 9.05. The lowest BCUT2D eigenvalue weighted by molar-refractivity contribution is 0.145. The molecular weight excluding hydrogens is 324 g/mol. The molecule has 0 atom stereocenters. The van der Waals surface area contributed by atoms with Crippen molar-refractivity contribution in [2.24, 2.45) is 11.3 Å². The zero-order valence-corrected chi connectivity index (χ0v) is 18.1. The quantitative estimate of drug-likeness (QED) is 0.361. The van der Waals surface area contributed by atoms with Crippen LogP contribution in [0.4, 0.5) is 0 Å². The topological polar surface area (TPSA) is 0 Å².